The summed E-state index contributed by atoms with van der Waals surface area (Å²) < 4.78 is 35.2. The lowest BCUT2D eigenvalue weighted by molar-refractivity contribution is -0.0808. The average molecular weight is 202 g/mol. The molecule has 0 aromatic rings. The van der Waals surface area contributed by atoms with Gasteiger partial charge in [0.1, 0.15) is 0 Å². The van der Waals surface area contributed by atoms with Crippen LogP contribution in [0.25, 0.3) is 0 Å². The molecule has 0 unspecified atom stereocenters. The summed E-state index contributed by atoms with van der Waals surface area (Å²) >= 11 is 0. The van der Waals surface area contributed by atoms with Gasteiger partial charge in [0.2, 0.25) is 0 Å². The van der Waals surface area contributed by atoms with Crippen LogP contribution in [0, 0.1) is 0 Å². The molecule has 0 aromatic heterocycles. The van der Waals surface area contributed by atoms with Gasteiger partial charge in [-0.05, 0) is 25.9 Å². The standard InChI is InChI=1S/C7H10F3N.ClH/c8-7(9,10)5-6-1-3-11-4-2-6;/h5,11H,1-4H2;1H. The van der Waals surface area contributed by atoms with Gasteiger partial charge in [-0.25, -0.2) is 0 Å². The SMILES string of the molecule is Cl.FC(F)(F)C=C1CCNCC1. The highest BCUT2D eigenvalue weighted by Gasteiger charge is 2.24. The lowest BCUT2D eigenvalue weighted by Crippen LogP contribution is -2.24. The number of hydrogen-bond acceptors (Lipinski definition) is 1. The van der Waals surface area contributed by atoms with Gasteiger partial charge in [0.05, 0.1) is 0 Å². The highest BCUT2D eigenvalue weighted by molar-refractivity contribution is 5.85. The maximum absolute atomic E-state index is 11.7. The zero-order valence-corrected chi connectivity index (χ0v) is 7.26. The molecule has 1 heterocycles. The van der Waals surface area contributed by atoms with Crippen LogP contribution >= 0.6 is 12.4 Å². The van der Waals surface area contributed by atoms with E-state index in [1.54, 1.807) is 0 Å². The van der Waals surface area contributed by atoms with Crippen LogP contribution in [0.4, 0.5) is 13.2 Å². The molecule has 0 aromatic carbocycles. The Bertz CT molecular complexity index is 157. The molecule has 0 radical (unpaired) electrons. The monoisotopic (exact) mass is 201 g/mol. The van der Waals surface area contributed by atoms with Gasteiger partial charge in [0, 0.05) is 6.08 Å². The molecule has 1 aliphatic heterocycles. The van der Waals surface area contributed by atoms with Crippen LogP contribution in [0.5, 0.6) is 0 Å². The van der Waals surface area contributed by atoms with E-state index in [9.17, 15) is 13.2 Å². The zero-order valence-electron chi connectivity index (χ0n) is 6.45. The molecular formula is C7H11ClF3N. The fourth-order valence-corrected chi connectivity index (χ4v) is 1.12. The van der Waals surface area contributed by atoms with Crippen molar-refractivity contribution in [3.8, 4) is 0 Å². The Balaban J connectivity index is 0.00000121. The van der Waals surface area contributed by atoms with Crippen LogP contribution in [0.15, 0.2) is 11.6 Å². The fourth-order valence-electron chi connectivity index (χ4n) is 1.12. The van der Waals surface area contributed by atoms with Gasteiger partial charge in [-0.3, -0.25) is 0 Å². The Hall–Kier alpha value is -0.220. The summed E-state index contributed by atoms with van der Waals surface area (Å²) in [6.45, 7) is 1.34. The smallest absolute Gasteiger partial charge is 0.316 e. The predicted octanol–water partition coefficient (Wildman–Crippen LogP) is 2.28. The molecular weight excluding hydrogens is 191 g/mol. The lowest BCUT2D eigenvalue weighted by Gasteiger charge is -2.15. The summed E-state index contributed by atoms with van der Waals surface area (Å²) in [4.78, 5) is 0. The molecule has 0 aliphatic carbocycles. The number of nitrogens with one attached hydrogen (secondary N) is 1. The Labute approximate surface area is 75.4 Å². The van der Waals surface area contributed by atoms with Crippen molar-refractivity contribution in [2.45, 2.75) is 19.0 Å². The molecule has 0 amide bonds. The summed E-state index contributed by atoms with van der Waals surface area (Å²) in [6, 6.07) is 0. The number of allylic oxidation sites excluding steroid dienone is 1. The van der Waals surface area contributed by atoms with Crippen molar-refractivity contribution < 1.29 is 13.2 Å². The molecule has 1 aliphatic rings. The van der Waals surface area contributed by atoms with Gasteiger partial charge in [0.15, 0.2) is 0 Å². The molecule has 12 heavy (non-hydrogen) atoms. The highest BCUT2D eigenvalue weighted by Crippen LogP contribution is 2.22. The summed E-state index contributed by atoms with van der Waals surface area (Å²) in [6.07, 6.45) is -2.65. The van der Waals surface area contributed by atoms with Crippen LogP contribution in [-0.4, -0.2) is 19.3 Å². The van der Waals surface area contributed by atoms with E-state index in [1.807, 2.05) is 0 Å². The molecule has 5 heteroatoms. The number of hydrogen-bond donors (Lipinski definition) is 1. The normalized spacial score (nSPS) is 18.4. The summed E-state index contributed by atoms with van der Waals surface area (Å²) in [5.41, 5.74) is 0.510. The van der Waals surface area contributed by atoms with E-state index in [4.69, 9.17) is 0 Å². The van der Waals surface area contributed by atoms with Gasteiger partial charge in [0.25, 0.3) is 0 Å². The molecule has 1 nitrogen and oxygen atoms in total. The minimum atomic E-state index is -4.13. The van der Waals surface area contributed by atoms with Crippen LogP contribution in [-0.2, 0) is 0 Å². The second-order valence-corrected chi connectivity index (χ2v) is 2.59. The van der Waals surface area contributed by atoms with Crippen LogP contribution in [0.1, 0.15) is 12.8 Å². The van der Waals surface area contributed by atoms with Crippen LogP contribution < -0.4 is 5.32 Å². The van der Waals surface area contributed by atoms with Crippen molar-refractivity contribution in [3.05, 3.63) is 11.6 Å². The van der Waals surface area contributed by atoms with Crippen molar-refractivity contribution in [1.29, 1.82) is 0 Å². The van der Waals surface area contributed by atoms with Crippen LogP contribution in [0.2, 0.25) is 0 Å². The number of rotatable bonds is 0. The maximum atomic E-state index is 11.7. The first-order valence-corrected chi connectivity index (χ1v) is 3.56. The third kappa shape index (κ3) is 4.62. The molecule has 1 saturated heterocycles. The third-order valence-electron chi connectivity index (χ3n) is 1.61. The maximum Gasteiger partial charge on any atom is 0.409 e. The highest BCUT2D eigenvalue weighted by atomic mass is 35.5. The Morgan fingerprint density at radius 1 is 1.17 bits per heavy atom. The Kier molecular flexibility index (Phi) is 4.63. The first kappa shape index (κ1) is 11.8. The van der Waals surface area contributed by atoms with Crippen molar-refractivity contribution >= 4 is 12.4 Å². The molecule has 0 saturated carbocycles. The van der Waals surface area contributed by atoms with Gasteiger partial charge < -0.3 is 5.32 Å². The molecule has 0 bridgehead atoms. The Morgan fingerprint density at radius 2 is 1.67 bits per heavy atom. The zero-order chi connectivity index (χ0) is 8.32. The van der Waals surface area contributed by atoms with Gasteiger partial charge in [-0.2, -0.15) is 13.2 Å². The molecule has 72 valence electrons. The van der Waals surface area contributed by atoms with E-state index in [1.165, 1.54) is 0 Å². The van der Waals surface area contributed by atoms with E-state index >= 15 is 0 Å². The van der Waals surface area contributed by atoms with Gasteiger partial charge in [-0.15, -0.1) is 12.4 Å². The van der Waals surface area contributed by atoms with Crippen molar-refractivity contribution in [2.24, 2.45) is 0 Å². The minimum absolute atomic E-state index is 0. The van der Waals surface area contributed by atoms with E-state index in [-0.39, 0.29) is 12.4 Å². The van der Waals surface area contributed by atoms with E-state index in [0.29, 0.717) is 37.6 Å². The third-order valence-corrected chi connectivity index (χ3v) is 1.61. The minimum Gasteiger partial charge on any atom is -0.316 e. The second-order valence-electron chi connectivity index (χ2n) is 2.59. The number of piperidine rings is 1. The number of alkyl halides is 3. The summed E-state index contributed by atoms with van der Waals surface area (Å²) in [5.74, 6) is 0. The Morgan fingerprint density at radius 3 is 2.08 bits per heavy atom. The van der Waals surface area contributed by atoms with Gasteiger partial charge in [-0.1, -0.05) is 5.57 Å². The van der Waals surface area contributed by atoms with Gasteiger partial charge >= 0.3 is 6.18 Å². The van der Waals surface area contributed by atoms with Crippen molar-refractivity contribution in [1.82, 2.24) is 5.32 Å². The topological polar surface area (TPSA) is 12.0 Å². The second kappa shape index (κ2) is 4.72. The molecule has 1 N–H and O–H groups in total. The van der Waals surface area contributed by atoms with E-state index in [2.05, 4.69) is 5.32 Å². The first-order chi connectivity index (χ1) is 5.08. The predicted molar refractivity (Wildman–Crippen MR) is 43.5 cm³/mol. The first-order valence-electron chi connectivity index (χ1n) is 3.56. The van der Waals surface area contributed by atoms with E-state index < -0.39 is 6.18 Å². The van der Waals surface area contributed by atoms with Crippen molar-refractivity contribution in [2.75, 3.05) is 13.1 Å². The molecule has 0 atom stereocenters. The fraction of sp³-hybridized carbons (Fsp3) is 0.714. The summed E-state index contributed by atoms with van der Waals surface area (Å²) in [7, 11) is 0. The van der Waals surface area contributed by atoms with Crippen molar-refractivity contribution in [3.63, 3.8) is 0 Å². The molecule has 0 spiro atoms. The van der Waals surface area contributed by atoms with Crippen LogP contribution in [0.3, 0.4) is 0 Å². The summed E-state index contributed by atoms with van der Waals surface area (Å²) in [5, 5.41) is 2.99. The van der Waals surface area contributed by atoms with E-state index in [0.717, 1.165) is 0 Å². The molecule has 1 rings (SSSR count). The quantitative estimate of drug-likeness (QED) is 0.593. The number of halogens is 4. The average Bonchev–Trinajstić information content (AvgIpc) is 1.85. The lowest BCUT2D eigenvalue weighted by atomic mass is 10.1. The largest absolute Gasteiger partial charge is 0.409 e. The molecule has 1 fully saturated rings.